The molecule has 0 saturated heterocycles. The highest BCUT2D eigenvalue weighted by atomic mass is 35.5. The molecule has 2 nitrogen and oxygen atoms in total. The largest absolute Gasteiger partial charge is 0.228 e. The second kappa shape index (κ2) is 8.55. The fourth-order valence-corrected chi connectivity index (χ4v) is 3.84. The number of nitrogens with zero attached hydrogens (tertiary/aromatic N) is 2. The highest BCUT2D eigenvalue weighted by Gasteiger charge is 2.11. The van der Waals surface area contributed by atoms with Gasteiger partial charge in [-0.3, -0.25) is 0 Å². The maximum atomic E-state index is 6.41. The Kier molecular flexibility index (Phi) is 5.30. The Hall–Kier alpha value is -3.75. The molecular weight excluding hydrogens is 400 g/mol. The summed E-state index contributed by atoms with van der Waals surface area (Å²) in [5, 5.41) is 0.426. The molecule has 0 fully saturated rings. The third-order valence-corrected chi connectivity index (χ3v) is 5.36. The molecule has 0 aliphatic rings. The van der Waals surface area contributed by atoms with Gasteiger partial charge in [-0.15, -0.1) is 0 Å². The Balaban J connectivity index is 1.70. The normalized spacial score (nSPS) is 10.7. The Morgan fingerprint density at radius 2 is 0.871 bits per heavy atom. The van der Waals surface area contributed by atoms with Crippen molar-refractivity contribution in [2.75, 3.05) is 0 Å². The van der Waals surface area contributed by atoms with E-state index in [0.717, 1.165) is 39.1 Å². The van der Waals surface area contributed by atoms with Gasteiger partial charge < -0.3 is 0 Å². The van der Waals surface area contributed by atoms with E-state index < -0.39 is 0 Å². The minimum Gasteiger partial charge on any atom is -0.228 e. The van der Waals surface area contributed by atoms with Crippen LogP contribution in [0.4, 0.5) is 0 Å². The summed E-state index contributed by atoms with van der Waals surface area (Å²) in [5.41, 5.74) is 7.32. The number of benzene rings is 4. The fourth-order valence-electron chi connectivity index (χ4n) is 3.65. The monoisotopic (exact) mass is 418 g/mol. The molecule has 5 rings (SSSR count). The van der Waals surface area contributed by atoms with Crippen LogP contribution < -0.4 is 0 Å². The van der Waals surface area contributed by atoms with Crippen molar-refractivity contribution < 1.29 is 0 Å². The minimum atomic E-state index is 0.426. The van der Waals surface area contributed by atoms with E-state index in [1.807, 2.05) is 48.5 Å². The van der Waals surface area contributed by atoms with Gasteiger partial charge in [-0.2, -0.15) is 0 Å². The number of hydrogen-bond acceptors (Lipinski definition) is 2. The average Bonchev–Trinajstić information content (AvgIpc) is 2.85. The summed E-state index contributed by atoms with van der Waals surface area (Å²) in [7, 11) is 0. The second-order valence-corrected chi connectivity index (χ2v) is 7.68. The topological polar surface area (TPSA) is 25.8 Å². The van der Waals surface area contributed by atoms with Crippen LogP contribution in [-0.4, -0.2) is 9.97 Å². The number of rotatable bonds is 4. The molecule has 0 aliphatic carbocycles. The third kappa shape index (κ3) is 4.25. The highest BCUT2D eigenvalue weighted by molar-refractivity contribution is 6.29. The lowest BCUT2D eigenvalue weighted by molar-refractivity contribution is 1.18. The number of halogens is 1. The van der Waals surface area contributed by atoms with Gasteiger partial charge in [0.1, 0.15) is 5.15 Å². The van der Waals surface area contributed by atoms with Crippen molar-refractivity contribution in [3.8, 4) is 44.9 Å². The summed E-state index contributed by atoms with van der Waals surface area (Å²) < 4.78 is 0. The molecule has 0 saturated carbocycles. The summed E-state index contributed by atoms with van der Waals surface area (Å²) in [4.78, 5) is 9.29. The van der Waals surface area contributed by atoms with E-state index in [2.05, 4.69) is 71.7 Å². The molecule has 4 aromatic carbocycles. The van der Waals surface area contributed by atoms with Crippen LogP contribution in [0.5, 0.6) is 0 Å². The van der Waals surface area contributed by atoms with E-state index in [9.17, 15) is 0 Å². The van der Waals surface area contributed by atoms with Gasteiger partial charge in [0.2, 0.25) is 0 Å². The zero-order valence-electron chi connectivity index (χ0n) is 16.7. The smallest absolute Gasteiger partial charge is 0.161 e. The molecule has 0 spiro atoms. The lowest BCUT2D eigenvalue weighted by Gasteiger charge is -2.12. The van der Waals surface area contributed by atoms with Gasteiger partial charge in [-0.1, -0.05) is 103 Å². The van der Waals surface area contributed by atoms with E-state index in [1.54, 1.807) is 0 Å². The molecule has 1 heterocycles. The lowest BCUT2D eigenvalue weighted by atomic mass is 9.95. The minimum absolute atomic E-state index is 0.426. The van der Waals surface area contributed by atoms with Crippen LogP contribution in [-0.2, 0) is 0 Å². The van der Waals surface area contributed by atoms with Crippen LogP contribution in [0.1, 0.15) is 0 Å². The van der Waals surface area contributed by atoms with Crippen molar-refractivity contribution in [2.45, 2.75) is 0 Å². The third-order valence-electron chi connectivity index (χ3n) is 5.17. The molecule has 3 heteroatoms. The zero-order valence-corrected chi connectivity index (χ0v) is 17.5. The summed E-state index contributed by atoms with van der Waals surface area (Å²) in [5.74, 6) is 0.620. The van der Waals surface area contributed by atoms with Crippen LogP contribution in [0.15, 0.2) is 115 Å². The van der Waals surface area contributed by atoms with Crippen molar-refractivity contribution >= 4 is 11.6 Å². The van der Waals surface area contributed by atoms with E-state index >= 15 is 0 Å². The summed E-state index contributed by atoms with van der Waals surface area (Å²) in [6.07, 6.45) is 0. The van der Waals surface area contributed by atoms with Crippen LogP contribution >= 0.6 is 11.6 Å². The van der Waals surface area contributed by atoms with Gasteiger partial charge in [0.05, 0.1) is 5.69 Å². The van der Waals surface area contributed by atoms with E-state index in [1.165, 1.54) is 0 Å². The molecule has 0 atom stereocenters. The fraction of sp³-hybridized carbons (Fsp3) is 0. The van der Waals surface area contributed by atoms with E-state index in [0.29, 0.717) is 11.0 Å². The number of aromatic nitrogens is 2. The molecule has 0 aliphatic heterocycles. The summed E-state index contributed by atoms with van der Waals surface area (Å²) in [6.45, 7) is 0. The average molecular weight is 419 g/mol. The molecule has 31 heavy (non-hydrogen) atoms. The molecule has 0 unspecified atom stereocenters. The van der Waals surface area contributed by atoms with Gasteiger partial charge in [0.15, 0.2) is 5.82 Å². The maximum absolute atomic E-state index is 6.41. The number of hydrogen-bond donors (Lipinski definition) is 0. The highest BCUT2D eigenvalue weighted by Crippen LogP contribution is 2.33. The van der Waals surface area contributed by atoms with Crippen molar-refractivity contribution in [3.05, 3.63) is 120 Å². The van der Waals surface area contributed by atoms with E-state index in [-0.39, 0.29) is 0 Å². The molecule has 0 amide bonds. The van der Waals surface area contributed by atoms with Crippen molar-refractivity contribution in [1.29, 1.82) is 0 Å². The summed E-state index contributed by atoms with van der Waals surface area (Å²) >= 11 is 6.41. The van der Waals surface area contributed by atoms with Crippen molar-refractivity contribution in [1.82, 2.24) is 9.97 Å². The quantitative estimate of drug-likeness (QED) is 0.278. The van der Waals surface area contributed by atoms with Crippen molar-refractivity contribution in [2.24, 2.45) is 0 Å². The predicted molar refractivity (Wildman–Crippen MR) is 129 cm³/mol. The van der Waals surface area contributed by atoms with Crippen LogP contribution in [0.25, 0.3) is 44.9 Å². The first kappa shape index (κ1) is 19.2. The molecule has 5 aromatic rings. The van der Waals surface area contributed by atoms with Crippen LogP contribution in [0.3, 0.4) is 0 Å². The first-order valence-electron chi connectivity index (χ1n) is 10.1. The van der Waals surface area contributed by atoms with Gasteiger partial charge in [-0.05, 0) is 40.5 Å². The molecule has 0 radical (unpaired) electrons. The molecule has 1 aromatic heterocycles. The second-order valence-electron chi connectivity index (χ2n) is 7.30. The Morgan fingerprint density at radius 3 is 1.39 bits per heavy atom. The molecule has 0 bridgehead atoms. The SMILES string of the molecule is Clc1cc(-c2cc(-c3ccccc3)cc(-c3ccccc3)c2)nc(-c2ccccc2)n1. The zero-order chi connectivity index (χ0) is 21.0. The molecule has 0 N–H and O–H groups in total. The van der Waals surface area contributed by atoms with Gasteiger partial charge >= 0.3 is 0 Å². The Labute approximate surface area is 186 Å². The van der Waals surface area contributed by atoms with E-state index in [4.69, 9.17) is 16.6 Å². The predicted octanol–water partition coefficient (Wildman–Crippen LogP) is 7.80. The van der Waals surface area contributed by atoms with Crippen LogP contribution in [0, 0.1) is 0 Å². The lowest BCUT2D eigenvalue weighted by Crippen LogP contribution is -1.94. The maximum Gasteiger partial charge on any atom is 0.161 e. The first-order valence-corrected chi connectivity index (χ1v) is 10.5. The molecular formula is C28H19ClN2. The standard InChI is InChI=1S/C28H19ClN2/c29-27-19-26(30-28(31-27)22-14-8-3-9-15-22)25-17-23(20-10-4-1-5-11-20)16-24(18-25)21-12-6-2-7-13-21/h1-19H. The Bertz CT molecular complexity index is 1260. The van der Waals surface area contributed by atoms with Crippen LogP contribution in [0.2, 0.25) is 5.15 Å². The van der Waals surface area contributed by atoms with Gasteiger partial charge in [-0.25, -0.2) is 9.97 Å². The van der Waals surface area contributed by atoms with Crippen molar-refractivity contribution in [3.63, 3.8) is 0 Å². The van der Waals surface area contributed by atoms with Gasteiger partial charge in [0.25, 0.3) is 0 Å². The van der Waals surface area contributed by atoms with Gasteiger partial charge in [0, 0.05) is 17.2 Å². The summed E-state index contributed by atoms with van der Waals surface area (Å²) in [6, 6.07) is 39.0. The Morgan fingerprint density at radius 1 is 0.419 bits per heavy atom. The first-order chi connectivity index (χ1) is 15.3. The molecule has 148 valence electrons.